The first-order chi connectivity index (χ1) is 19.3. The van der Waals surface area contributed by atoms with Crippen molar-refractivity contribution in [2.45, 2.75) is 50.7 Å². The van der Waals surface area contributed by atoms with Crippen LogP contribution in [0.15, 0.2) is 65.7 Å². The van der Waals surface area contributed by atoms with Crippen molar-refractivity contribution in [2.24, 2.45) is 0 Å². The van der Waals surface area contributed by atoms with Gasteiger partial charge in [-0.1, -0.05) is 29.8 Å². The van der Waals surface area contributed by atoms with E-state index in [1.165, 1.54) is 11.0 Å². The number of sulfone groups is 1. The fourth-order valence-electron chi connectivity index (χ4n) is 5.11. The molecule has 1 aliphatic heterocycles. The van der Waals surface area contributed by atoms with E-state index in [9.17, 15) is 18.0 Å². The molecule has 11 heteroatoms. The molecule has 2 aromatic carbocycles. The number of ether oxygens (including phenoxy) is 1. The number of aryl methyl sites for hydroxylation is 1. The number of carbonyl (C=O) groups is 2. The molecule has 1 saturated heterocycles. The van der Waals surface area contributed by atoms with Crippen LogP contribution in [0.25, 0.3) is 16.4 Å². The Labute approximate surface area is 244 Å². The molecule has 0 bridgehead atoms. The van der Waals surface area contributed by atoms with Crippen LogP contribution in [-0.4, -0.2) is 71.6 Å². The van der Waals surface area contributed by atoms with Gasteiger partial charge in [-0.3, -0.25) is 9.20 Å². The van der Waals surface area contributed by atoms with Gasteiger partial charge in [0.05, 0.1) is 22.9 Å². The smallest absolute Gasteiger partial charge is 0.331 e. The second-order valence-electron chi connectivity index (χ2n) is 11.3. The van der Waals surface area contributed by atoms with Crippen LogP contribution in [-0.2, 0) is 24.2 Å². The zero-order valence-corrected chi connectivity index (χ0v) is 25.1. The normalized spacial score (nSPS) is 16.4. The fraction of sp³-hybridized carbons (Fsp3) is 0.367. The molecule has 1 unspecified atom stereocenters. The van der Waals surface area contributed by atoms with E-state index in [0.29, 0.717) is 11.6 Å². The van der Waals surface area contributed by atoms with Crippen LogP contribution < -0.4 is 4.90 Å². The quantitative estimate of drug-likeness (QED) is 0.298. The van der Waals surface area contributed by atoms with Gasteiger partial charge in [0.15, 0.2) is 9.84 Å². The van der Waals surface area contributed by atoms with Crippen LogP contribution >= 0.6 is 11.6 Å². The summed E-state index contributed by atoms with van der Waals surface area (Å²) in [4.78, 5) is 35.0. The number of hydrogen-bond donors (Lipinski definition) is 0. The molecule has 0 aliphatic carbocycles. The highest BCUT2D eigenvalue weighted by Crippen LogP contribution is 2.26. The number of imidazole rings is 1. The van der Waals surface area contributed by atoms with Crippen molar-refractivity contribution >= 4 is 55.6 Å². The number of rotatable bonds is 6. The summed E-state index contributed by atoms with van der Waals surface area (Å²) in [7, 11) is -3.76. The molecular formula is C30H33ClN4O5S. The first-order valence-corrected chi connectivity index (χ1v) is 15.5. The predicted octanol–water partition coefficient (Wildman–Crippen LogP) is 4.67. The van der Waals surface area contributed by atoms with Gasteiger partial charge in [-0.05, 0) is 74.9 Å². The van der Waals surface area contributed by atoms with Crippen LogP contribution in [0, 0.1) is 6.92 Å². The predicted molar refractivity (Wildman–Crippen MR) is 159 cm³/mol. The maximum atomic E-state index is 13.5. The first kappa shape index (κ1) is 28.9. The first-order valence-electron chi connectivity index (χ1n) is 13.4. The lowest BCUT2D eigenvalue weighted by Crippen LogP contribution is -2.59. The second-order valence-corrected chi connectivity index (χ2v) is 13.8. The van der Waals surface area contributed by atoms with E-state index in [1.807, 2.05) is 40.6 Å². The van der Waals surface area contributed by atoms with Crippen LogP contribution in [0.5, 0.6) is 0 Å². The molecule has 1 fully saturated rings. The summed E-state index contributed by atoms with van der Waals surface area (Å²) < 4.78 is 34.0. The molecule has 0 saturated carbocycles. The number of hydrogen-bond acceptors (Lipinski definition) is 7. The number of benzene rings is 2. The van der Waals surface area contributed by atoms with Crippen molar-refractivity contribution in [3.8, 4) is 0 Å². The number of fused-ring (bicyclic) bond motifs is 2. The average molecular weight is 597 g/mol. The highest BCUT2D eigenvalue weighted by Gasteiger charge is 2.38. The molecule has 1 amide bonds. The molecule has 0 radical (unpaired) electrons. The van der Waals surface area contributed by atoms with Crippen LogP contribution in [0.1, 0.15) is 32.9 Å². The summed E-state index contributed by atoms with van der Waals surface area (Å²) in [6.07, 6.45) is 1.67. The molecule has 3 heterocycles. The van der Waals surface area contributed by atoms with Gasteiger partial charge < -0.3 is 14.5 Å². The number of aromatic nitrogens is 2. The van der Waals surface area contributed by atoms with Crippen LogP contribution in [0.4, 0.5) is 5.82 Å². The molecular weight excluding hydrogens is 564 g/mol. The topological polar surface area (TPSA) is 101 Å². The lowest BCUT2D eigenvalue weighted by atomic mass is 10.1. The maximum Gasteiger partial charge on any atom is 0.331 e. The molecule has 2 aromatic heterocycles. The van der Waals surface area contributed by atoms with E-state index in [4.69, 9.17) is 16.3 Å². The van der Waals surface area contributed by atoms with Gasteiger partial charge >= 0.3 is 5.97 Å². The SMILES string of the molecule is Cc1cn2c(N3CCN(C(=O)CCS(=O)(=O)c4ccc5cc(Cl)ccc5c4)C(C(=O)OC(C)(C)C)C3)cccc2n1. The zero-order chi connectivity index (χ0) is 29.5. The standard InChI is InChI=1S/C30H33ClN4O5S/c1-20-18-35-26(32-20)6-5-7-27(35)33-13-14-34(25(19-33)29(37)40-30(2,3)4)28(36)12-15-41(38,39)24-11-9-21-16-23(31)10-8-22(21)17-24/h5-11,16-18,25H,12-15,19H2,1-4H3. The maximum absolute atomic E-state index is 13.5. The number of amides is 1. The Balaban J connectivity index is 1.35. The minimum atomic E-state index is -3.76. The number of anilines is 1. The summed E-state index contributed by atoms with van der Waals surface area (Å²) >= 11 is 6.05. The lowest BCUT2D eigenvalue weighted by molar-refractivity contribution is -0.165. The highest BCUT2D eigenvalue weighted by molar-refractivity contribution is 7.91. The summed E-state index contributed by atoms with van der Waals surface area (Å²) in [6.45, 7) is 8.14. The average Bonchev–Trinajstić information content (AvgIpc) is 3.30. The number of halogens is 1. The Kier molecular flexibility index (Phi) is 7.74. The number of esters is 1. The third-order valence-electron chi connectivity index (χ3n) is 7.01. The molecule has 4 aromatic rings. The van der Waals surface area contributed by atoms with Crippen LogP contribution in [0.3, 0.4) is 0 Å². The Bertz CT molecular complexity index is 1740. The third kappa shape index (κ3) is 6.33. The minimum Gasteiger partial charge on any atom is -0.458 e. The van der Waals surface area contributed by atoms with E-state index in [2.05, 4.69) is 4.98 Å². The van der Waals surface area contributed by atoms with Crippen LogP contribution in [0.2, 0.25) is 5.02 Å². The summed E-state index contributed by atoms with van der Waals surface area (Å²) in [6, 6.07) is 14.9. The largest absolute Gasteiger partial charge is 0.458 e. The fourth-order valence-corrected chi connectivity index (χ4v) is 6.55. The Morgan fingerprint density at radius 2 is 1.78 bits per heavy atom. The van der Waals surface area contributed by atoms with Gasteiger partial charge in [0.1, 0.15) is 23.1 Å². The summed E-state index contributed by atoms with van der Waals surface area (Å²) in [5.74, 6) is -0.461. The molecule has 1 aliphatic rings. The van der Waals surface area contributed by atoms with E-state index < -0.39 is 33.4 Å². The Morgan fingerprint density at radius 1 is 1.05 bits per heavy atom. The number of piperazine rings is 1. The molecule has 216 valence electrons. The van der Waals surface area contributed by atoms with Gasteiger partial charge in [0.2, 0.25) is 5.91 Å². The minimum absolute atomic E-state index is 0.136. The van der Waals surface area contributed by atoms with E-state index in [-0.39, 0.29) is 30.2 Å². The number of pyridine rings is 1. The van der Waals surface area contributed by atoms with Crippen molar-refractivity contribution in [3.05, 3.63) is 71.5 Å². The zero-order valence-electron chi connectivity index (χ0n) is 23.5. The van der Waals surface area contributed by atoms with Crippen molar-refractivity contribution in [3.63, 3.8) is 0 Å². The van der Waals surface area contributed by atoms with Crippen molar-refractivity contribution in [2.75, 3.05) is 30.3 Å². The molecule has 0 N–H and O–H groups in total. The van der Waals surface area contributed by atoms with Gasteiger partial charge in [-0.15, -0.1) is 0 Å². The molecule has 0 spiro atoms. The monoisotopic (exact) mass is 596 g/mol. The Morgan fingerprint density at radius 3 is 2.54 bits per heavy atom. The molecule has 5 rings (SSSR count). The van der Waals surface area contributed by atoms with Crippen molar-refractivity contribution in [1.82, 2.24) is 14.3 Å². The van der Waals surface area contributed by atoms with Crippen molar-refractivity contribution < 1.29 is 22.7 Å². The molecule has 9 nitrogen and oxygen atoms in total. The van der Waals surface area contributed by atoms with Gasteiger partial charge in [-0.25, -0.2) is 18.2 Å². The van der Waals surface area contributed by atoms with Gasteiger partial charge in [0, 0.05) is 30.7 Å². The highest BCUT2D eigenvalue weighted by atomic mass is 35.5. The second kappa shape index (κ2) is 11.0. The van der Waals surface area contributed by atoms with E-state index in [0.717, 1.165) is 27.9 Å². The summed E-state index contributed by atoms with van der Waals surface area (Å²) in [5.41, 5.74) is 0.903. The van der Waals surface area contributed by atoms with E-state index >= 15 is 0 Å². The Hall–Kier alpha value is -3.63. The third-order valence-corrected chi connectivity index (χ3v) is 8.96. The summed E-state index contributed by atoms with van der Waals surface area (Å²) in [5, 5.41) is 2.13. The van der Waals surface area contributed by atoms with Gasteiger partial charge in [0.25, 0.3) is 0 Å². The molecule has 1 atom stereocenters. The van der Waals surface area contributed by atoms with Gasteiger partial charge in [-0.2, -0.15) is 0 Å². The van der Waals surface area contributed by atoms with E-state index in [1.54, 1.807) is 51.1 Å². The molecule has 41 heavy (non-hydrogen) atoms. The number of carbonyl (C=O) groups excluding carboxylic acids is 2. The van der Waals surface area contributed by atoms with Crippen molar-refractivity contribution in [1.29, 1.82) is 0 Å². The number of nitrogens with zero attached hydrogens (tertiary/aromatic N) is 4. The lowest BCUT2D eigenvalue weighted by Gasteiger charge is -2.42.